The first kappa shape index (κ1) is 25.7. The van der Waals surface area contributed by atoms with Crippen LogP contribution in [-0.2, 0) is 22.9 Å². The minimum atomic E-state index is -3.39. The van der Waals surface area contributed by atoms with Crippen molar-refractivity contribution < 1.29 is 13.2 Å². The molecule has 0 atom stereocenters. The first-order valence-corrected chi connectivity index (χ1v) is 13.5. The number of rotatable bonds is 8. The van der Waals surface area contributed by atoms with Crippen molar-refractivity contribution in [3.63, 3.8) is 0 Å². The quantitative estimate of drug-likeness (QED) is 0.220. The molecule has 0 bridgehead atoms. The maximum Gasteiger partial charge on any atom is 0.322 e. The molecule has 0 aliphatic heterocycles. The van der Waals surface area contributed by atoms with Gasteiger partial charge in [-0.15, -0.1) is 0 Å². The van der Waals surface area contributed by atoms with Crippen molar-refractivity contribution in [3.05, 3.63) is 120 Å². The first-order valence-electron chi connectivity index (χ1n) is 11.6. The van der Waals surface area contributed by atoms with Gasteiger partial charge < -0.3 is 16.0 Å². The smallest absolute Gasteiger partial charge is 0.322 e. The number of amidine groups is 1. The zero-order valence-electron chi connectivity index (χ0n) is 20.4. The van der Waals surface area contributed by atoms with Crippen molar-refractivity contribution in [1.82, 2.24) is 4.90 Å². The van der Waals surface area contributed by atoms with Crippen LogP contribution in [0.3, 0.4) is 0 Å². The average Bonchev–Trinajstić information content (AvgIpc) is 2.89. The molecule has 4 aromatic rings. The lowest BCUT2D eigenvalue weighted by Crippen LogP contribution is -2.34. The van der Waals surface area contributed by atoms with Crippen LogP contribution in [0.1, 0.15) is 16.7 Å². The highest BCUT2D eigenvalue weighted by Crippen LogP contribution is 2.28. The van der Waals surface area contributed by atoms with Crippen LogP contribution in [0.25, 0.3) is 11.1 Å². The molecule has 0 aliphatic rings. The first-order chi connectivity index (χ1) is 17.7. The van der Waals surface area contributed by atoms with Crippen LogP contribution in [0.4, 0.5) is 10.5 Å². The van der Waals surface area contributed by atoms with Crippen molar-refractivity contribution in [1.29, 1.82) is 5.41 Å². The molecule has 4 N–H and O–H groups in total. The van der Waals surface area contributed by atoms with Gasteiger partial charge in [-0.05, 0) is 41.0 Å². The Bertz CT molecular complexity index is 1520. The van der Waals surface area contributed by atoms with Gasteiger partial charge in [0.25, 0.3) is 0 Å². The Hall–Kier alpha value is -4.43. The molecule has 4 aromatic carbocycles. The van der Waals surface area contributed by atoms with Crippen molar-refractivity contribution >= 4 is 27.4 Å². The number of urea groups is 1. The fourth-order valence-electron chi connectivity index (χ4n) is 4.03. The molecule has 0 saturated heterocycles. The van der Waals surface area contributed by atoms with Crippen LogP contribution < -0.4 is 11.1 Å². The number of anilines is 1. The summed E-state index contributed by atoms with van der Waals surface area (Å²) in [4.78, 5) is 15.3. The molecule has 0 unspecified atom stereocenters. The second-order valence-corrected chi connectivity index (χ2v) is 10.7. The largest absolute Gasteiger partial charge is 0.384 e. The number of nitrogens with zero attached hydrogens (tertiary/aromatic N) is 1. The van der Waals surface area contributed by atoms with Gasteiger partial charge in [-0.25, -0.2) is 13.2 Å². The standard InChI is InChI=1S/C29H28N4O3S/c1-37(35,36)27-13-6-5-12-26(27)23-14-16-25(17-15-23)32-29(34)33(19-21-8-3-2-4-9-21)20-22-10-7-11-24(18-22)28(30)31/h2-18H,19-20H2,1H3,(H3,30,31)(H,32,34). The molecule has 4 rings (SSSR count). The Balaban J connectivity index is 1.56. The lowest BCUT2D eigenvalue weighted by atomic mass is 10.1. The van der Waals surface area contributed by atoms with Gasteiger partial charge in [0, 0.05) is 36.2 Å². The lowest BCUT2D eigenvalue weighted by molar-refractivity contribution is 0.206. The molecule has 188 valence electrons. The van der Waals surface area contributed by atoms with E-state index < -0.39 is 9.84 Å². The number of nitrogens with one attached hydrogen (secondary N) is 2. The van der Waals surface area contributed by atoms with Gasteiger partial charge in [-0.2, -0.15) is 0 Å². The van der Waals surface area contributed by atoms with Crippen LogP contribution in [0, 0.1) is 5.41 Å². The molecule has 0 spiro atoms. The van der Waals surface area contributed by atoms with Gasteiger partial charge in [0.1, 0.15) is 5.84 Å². The Labute approximate surface area is 217 Å². The molecule has 0 heterocycles. The van der Waals surface area contributed by atoms with Gasteiger partial charge >= 0.3 is 6.03 Å². The highest BCUT2D eigenvalue weighted by Gasteiger charge is 2.17. The second kappa shape index (κ2) is 11.1. The van der Waals surface area contributed by atoms with Crippen LogP contribution in [0.5, 0.6) is 0 Å². The molecular formula is C29H28N4O3S. The summed E-state index contributed by atoms with van der Waals surface area (Å²) in [6, 6.07) is 30.6. The van der Waals surface area contributed by atoms with Gasteiger partial charge in [0.2, 0.25) is 0 Å². The van der Waals surface area contributed by atoms with Gasteiger partial charge in [-0.1, -0.05) is 78.9 Å². The van der Waals surface area contributed by atoms with Crippen LogP contribution in [0.2, 0.25) is 0 Å². The number of sulfone groups is 1. The topological polar surface area (TPSA) is 116 Å². The summed E-state index contributed by atoms with van der Waals surface area (Å²) >= 11 is 0. The van der Waals surface area contributed by atoms with Crippen LogP contribution in [-0.4, -0.2) is 31.4 Å². The summed E-state index contributed by atoms with van der Waals surface area (Å²) < 4.78 is 24.4. The molecule has 0 saturated carbocycles. The molecular weight excluding hydrogens is 484 g/mol. The maximum absolute atomic E-state index is 13.3. The number of hydrogen-bond acceptors (Lipinski definition) is 4. The summed E-state index contributed by atoms with van der Waals surface area (Å²) in [5, 5.41) is 10.7. The predicted octanol–water partition coefficient (Wildman–Crippen LogP) is 5.28. The normalized spacial score (nSPS) is 11.1. The molecule has 37 heavy (non-hydrogen) atoms. The Morgan fingerprint density at radius 3 is 2.14 bits per heavy atom. The number of nitrogen functional groups attached to an aromatic ring is 1. The van der Waals surface area contributed by atoms with E-state index in [0.717, 1.165) is 16.7 Å². The molecule has 7 nitrogen and oxygen atoms in total. The van der Waals surface area contributed by atoms with E-state index in [9.17, 15) is 13.2 Å². The Kier molecular flexibility index (Phi) is 7.69. The average molecular weight is 513 g/mol. The summed E-state index contributed by atoms with van der Waals surface area (Å²) in [6.07, 6.45) is 1.19. The lowest BCUT2D eigenvalue weighted by Gasteiger charge is -2.24. The molecule has 0 radical (unpaired) electrons. The number of hydrogen-bond donors (Lipinski definition) is 3. The van der Waals surface area contributed by atoms with E-state index in [1.807, 2.05) is 48.5 Å². The summed E-state index contributed by atoms with van der Waals surface area (Å²) in [7, 11) is -3.39. The molecule has 2 amide bonds. The summed E-state index contributed by atoms with van der Waals surface area (Å²) in [6.45, 7) is 0.707. The molecule has 0 aromatic heterocycles. The van der Waals surface area contributed by atoms with E-state index in [-0.39, 0.29) is 16.8 Å². The highest BCUT2D eigenvalue weighted by molar-refractivity contribution is 7.90. The van der Waals surface area contributed by atoms with Crippen molar-refractivity contribution in [3.8, 4) is 11.1 Å². The second-order valence-electron chi connectivity index (χ2n) is 8.73. The zero-order chi connectivity index (χ0) is 26.4. The van der Waals surface area contributed by atoms with Gasteiger partial charge in [-0.3, -0.25) is 5.41 Å². The van der Waals surface area contributed by atoms with E-state index in [2.05, 4.69) is 5.32 Å². The van der Waals surface area contributed by atoms with E-state index in [1.54, 1.807) is 59.5 Å². The number of nitrogens with two attached hydrogens (primary N) is 1. The minimum Gasteiger partial charge on any atom is -0.384 e. The van der Waals surface area contributed by atoms with Crippen LogP contribution >= 0.6 is 0 Å². The monoisotopic (exact) mass is 512 g/mol. The van der Waals surface area contributed by atoms with E-state index >= 15 is 0 Å². The van der Waals surface area contributed by atoms with E-state index in [0.29, 0.717) is 29.9 Å². The van der Waals surface area contributed by atoms with Crippen molar-refractivity contribution in [2.45, 2.75) is 18.0 Å². The number of carbonyl (C=O) groups excluding carboxylic acids is 1. The fourth-order valence-corrected chi connectivity index (χ4v) is 4.94. The third kappa shape index (κ3) is 6.62. The Morgan fingerprint density at radius 2 is 1.46 bits per heavy atom. The third-order valence-electron chi connectivity index (χ3n) is 5.85. The summed E-state index contributed by atoms with van der Waals surface area (Å²) in [5.41, 5.74) is 10.0. The Morgan fingerprint density at radius 1 is 0.838 bits per heavy atom. The summed E-state index contributed by atoms with van der Waals surface area (Å²) in [5.74, 6) is -0.0292. The third-order valence-corrected chi connectivity index (χ3v) is 7.00. The molecule has 0 fully saturated rings. The number of benzene rings is 4. The van der Waals surface area contributed by atoms with Gasteiger partial charge in [0.05, 0.1) is 4.90 Å². The van der Waals surface area contributed by atoms with Crippen molar-refractivity contribution in [2.75, 3.05) is 11.6 Å². The highest BCUT2D eigenvalue weighted by atomic mass is 32.2. The molecule has 0 aliphatic carbocycles. The fraction of sp³-hybridized carbons (Fsp3) is 0.103. The van der Waals surface area contributed by atoms with Crippen LogP contribution in [0.15, 0.2) is 108 Å². The van der Waals surface area contributed by atoms with Gasteiger partial charge in [0.15, 0.2) is 9.84 Å². The van der Waals surface area contributed by atoms with Crippen molar-refractivity contribution in [2.24, 2.45) is 5.73 Å². The SMILES string of the molecule is CS(=O)(=O)c1ccccc1-c1ccc(NC(=O)N(Cc2ccccc2)Cc2cccc(C(=N)N)c2)cc1. The minimum absolute atomic E-state index is 0.0292. The van der Waals surface area contributed by atoms with E-state index in [4.69, 9.17) is 11.1 Å². The zero-order valence-corrected chi connectivity index (χ0v) is 21.2. The number of amides is 2. The number of carbonyl (C=O) groups is 1. The maximum atomic E-state index is 13.3. The molecule has 8 heteroatoms. The predicted molar refractivity (Wildman–Crippen MR) is 147 cm³/mol. The van der Waals surface area contributed by atoms with E-state index in [1.165, 1.54) is 6.26 Å².